The van der Waals surface area contributed by atoms with Crippen molar-refractivity contribution in [2.24, 2.45) is 5.92 Å². The zero-order valence-corrected chi connectivity index (χ0v) is 18.1. The second-order valence-electron chi connectivity index (χ2n) is 8.23. The van der Waals surface area contributed by atoms with Crippen LogP contribution < -0.4 is 10.1 Å². The number of hydrogen-bond acceptors (Lipinski definition) is 4. The van der Waals surface area contributed by atoms with E-state index in [0.29, 0.717) is 23.8 Å². The fraction of sp³-hybridized carbons (Fsp3) is 0.522. The molecule has 0 radical (unpaired) electrons. The molecule has 30 heavy (non-hydrogen) atoms. The SMILES string of the molecule is CCC(NC(=O)c1cc(CC(C)C)[nH]n1)c1ccccc1OCC(=O)N1CCCC1. The van der Waals surface area contributed by atoms with Gasteiger partial charge >= 0.3 is 0 Å². The Bertz CT molecular complexity index is 856. The molecule has 2 heterocycles. The van der Waals surface area contributed by atoms with Crippen LogP contribution in [0.15, 0.2) is 30.3 Å². The molecule has 2 N–H and O–H groups in total. The molecule has 1 aromatic carbocycles. The number of nitrogens with zero attached hydrogens (tertiary/aromatic N) is 2. The van der Waals surface area contributed by atoms with E-state index in [-0.39, 0.29) is 24.5 Å². The van der Waals surface area contributed by atoms with Crippen molar-refractivity contribution in [3.05, 3.63) is 47.3 Å². The Morgan fingerprint density at radius 3 is 2.67 bits per heavy atom. The predicted molar refractivity (Wildman–Crippen MR) is 115 cm³/mol. The van der Waals surface area contributed by atoms with Crippen molar-refractivity contribution in [3.8, 4) is 5.75 Å². The van der Waals surface area contributed by atoms with Crippen molar-refractivity contribution in [2.45, 2.75) is 52.5 Å². The molecule has 7 nitrogen and oxygen atoms in total. The number of carbonyl (C=O) groups excluding carboxylic acids is 2. The van der Waals surface area contributed by atoms with Gasteiger partial charge in [0.15, 0.2) is 6.61 Å². The van der Waals surface area contributed by atoms with Gasteiger partial charge in [0, 0.05) is 24.3 Å². The van der Waals surface area contributed by atoms with Gasteiger partial charge in [0.2, 0.25) is 0 Å². The Kier molecular flexibility index (Phi) is 7.49. The number of carbonyl (C=O) groups is 2. The average molecular weight is 413 g/mol. The van der Waals surface area contributed by atoms with Gasteiger partial charge in [0.1, 0.15) is 11.4 Å². The molecule has 0 spiro atoms. The maximum atomic E-state index is 12.7. The number of H-pyrrole nitrogens is 1. The number of benzene rings is 1. The van der Waals surface area contributed by atoms with Gasteiger partial charge in [-0.05, 0) is 43.7 Å². The summed E-state index contributed by atoms with van der Waals surface area (Å²) >= 11 is 0. The highest BCUT2D eigenvalue weighted by atomic mass is 16.5. The summed E-state index contributed by atoms with van der Waals surface area (Å²) in [4.78, 5) is 26.9. The monoisotopic (exact) mass is 412 g/mol. The Balaban J connectivity index is 1.66. The molecule has 162 valence electrons. The highest BCUT2D eigenvalue weighted by molar-refractivity contribution is 5.92. The molecule has 1 saturated heterocycles. The number of ether oxygens (including phenoxy) is 1. The minimum absolute atomic E-state index is 0.00796. The maximum absolute atomic E-state index is 12.7. The van der Waals surface area contributed by atoms with Gasteiger partial charge in [-0.25, -0.2) is 0 Å². The molecule has 1 atom stereocenters. The van der Waals surface area contributed by atoms with Gasteiger partial charge in [-0.3, -0.25) is 14.7 Å². The molecule has 0 bridgehead atoms. The van der Waals surface area contributed by atoms with Crippen LogP contribution in [0.1, 0.15) is 67.8 Å². The van der Waals surface area contributed by atoms with Crippen LogP contribution in [0.2, 0.25) is 0 Å². The summed E-state index contributed by atoms with van der Waals surface area (Å²) in [6.07, 6.45) is 3.64. The van der Waals surface area contributed by atoms with E-state index in [0.717, 1.165) is 43.6 Å². The second-order valence-corrected chi connectivity index (χ2v) is 8.23. The normalized spacial score (nSPS) is 14.7. The first-order valence-corrected chi connectivity index (χ1v) is 10.8. The Hall–Kier alpha value is -2.83. The van der Waals surface area contributed by atoms with Gasteiger partial charge in [-0.2, -0.15) is 5.10 Å². The van der Waals surface area contributed by atoms with Gasteiger partial charge in [-0.1, -0.05) is 39.0 Å². The fourth-order valence-electron chi connectivity index (χ4n) is 3.75. The summed E-state index contributed by atoms with van der Waals surface area (Å²) in [7, 11) is 0. The van der Waals surface area contributed by atoms with E-state index in [4.69, 9.17) is 4.74 Å². The Morgan fingerprint density at radius 1 is 1.23 bits per heavy atom. The van der Waals surface area contributed by atoms with Crippen LogP contribution in [-0.2, 0) is 11.2 Å². The Morgan fingerprint density at radius 2 is 1.97 bits per heavy atom. The van der Waals surface area contributed by atoms with E-state index in [1.165, 1.54) is 0 Å². The van der Waals surface area contributed by atoms with Crippen molar-refractivity contribution in [3.63, 3.8) is 0 Å². The highest BCUT2D eigenvalue weighted by Gasteiger charge is 2.22. The van der Waals surface area contributed by atoms with Crippen molar-refractivity contribution in [1.82, 2.24) is 20.4 Å². The first-order chi connectivity index (χ1) is 14.5. The number of nitrogens with one attached hydrogen (secondary N) is 2. The number of aromatic nitrogens is 2. The number of hydrogen-bond donors (Lipinski definition) is 2. The van der Waals surface area contributed by atoms with Crippen molar-refractivity contribution in [2.75, 3.05) is 19.7 Å². The molecule has 1 unspecified atom stereocenters. The van der Waals surface area contributed by atoms with Crippen molar-refractivity contribution < 1.29 is 14.3 Å². The first-order valence-electron chi connectivity index (χ1n) is 10.8. The van der Waals surface area contributed by atoms with Gasteiger partial charge in [0.25, 0.3) is 11.8 Å². The van der Waals surface area contributed by atoms with Crippen LogP contribution in [0.25, 0.3) is 0 Å². The molecule has 1 aliphatic rings. The summed E-state index contributed by atoms with van der Waals surface area (Å²) in [6.45, 7) is 7.88. The molecular formula is C23H32N4O3. The summed E-state index contributed by atoms with van der Waals surface area (Å²) in [5.41, 5.74) is 2.19. The lowest BCUT2D eigenvalue weighted by molar-refractivity contribution is -0.132. The van der Waals surface area contributed by atoms with Crippen LogP contribution in [0.5, 0.6) is 5.75 Å². The number of amides is 2. The van der Waals surface area contributed by atoms with Crippen LogP contribution >= 0.6 is 0 Å². The first kappa shape index (κ1) is 21.9. The zero-order valence-electron chi connectivity index (χ0n) is 18.1. The van der Waals surface area contributed by atoms with Crippen molar-refractivity contribution >= 4 is 11.8 Å². The smallest absolute Gasteiger partial charge is 0.272 e. The molecule has 1 aromatic heterocycles. The standard InChI is InChI=1S/C23H32N4O3/c1-4-19(24-23(29)20-14-17(25-26-20)13-16(2)3)18-9-5-6-10-21(18)30-15-22(28)27-11-7-8-12-27/h5-6,9-10,14,16,19H,4,7-8,11-13,15H2,1-3H3,(H,24,29)(H,25,26). The quantitative estimate of drug-likeness (QED) is 0.660. The summed E-state index contributed by atoms with van der Waals surface area (Å²) in [5, 5.41) is 10.2. The largest absolute Gasteiger partial charge is 0.483 e. The average Bonchev–Trinajstić information content (AvgIpc) is 3.42. The highest BCUT2D eigenvalue weighted by Crippen LogP contribution is 2.27. The number of likely N-dealkylation sites (tertiary alicyclic amines) is 1. The maximum Gasteiger partial charge on any atom is 0.272 e. The topological polar surface area (TPSA) is 87.3 Å². The van der Waals surface area contributed by atoms with E-state index in [1.54, 1.807) is 6.07 Å². The third-order valence-electron chi connectivity index (χ3n) is 5.31. The number of para-hydroxylation sites is 1. The number of rotatable bonds is 9. The molecule has 1 aliphatic heterocycles. The van der Waals surface area contributed by atoms with E-state index in [9.17, 15) is 9.59 Å². The minimum atomic E-state index is -0.235. The fourth-order valence-corrected chi connectivity index (χ4v) is 3.75. The molecule has 1 fully saturated rings. The molecule has 2 amide bonds. The second kappa shape index (κ2) is 10.3. The third-order valence-corrected chi connectivity index (χ3v) is 5.31. The molecule has 7 heteroatoms. The van der Waals surface area contributed by atoms with Crippen LogP contribution in [0.3, 0.4) is 0 Å². The molecular weight excluding hydrogens is 380 g/mol. The lowest BCUT2D eigenvalue weighted by Gasteiger charge is -2.21. The molecule has 0 aliphatic carbocycles. The van der Waals surface area contributed by atoms with E-state index in [2.05, 4.69) is 29.4 Å². The number of aromatic amines is 1. The van der Waals surface area contributed by atoms with E-state index < -0.39 is 0 Å². The molecule has 3 rings (SSSR count). The van der Waals surface area contributed by atoms with E-state index >= 15 is 0 Å². The van der Waals surface area contributed by atoms with Crippen LogP contribution in [0.4, 0.5) is 0 Å². The Labute approximate surface area is 178 Å². The van der Waals surface area contributed by atoms with E-state index in [1.807, 2.05) is 36.1 Å². The molecule has 2 aromatic rings. The summed E-state index contributed by atoms with van der Waals surface area (Å²) in [5.74, 6) is 0.890. The third kappa shape index (κ3) is 5.62. The van der Waals surface area contributed by atoms with Crippen LogP contribution in [0, 0.1) is 5.92 Å². The van der Waals surface area contributed by atoms with Crippen molar-refractivity contribution in [1.29, 1.82) is 0 Å². The lowest BCUT2D eigenvalue weighted by atomic mass is 10.0. The summed E-state index contributed by atoms with van der Waals surface area (Å²) < 4.78 is 5.86. The van der Waals surface area contributed by atoms with Gasteiger partial charge in [0.05, 0.1) is 6.04 Å². The van der Waals surface area contributed by atoms with Crippen LogP contribution in [-0.4, -0.2) is 46.6 Å². The lowest BCUT2D eigenvalue weighted by Crippen LogP contribution is -2.32. The molecule has 0 saturated carbocycles. The minimum Gasteiger partial charge on any atom is -0.483 e. The predicted octanol–water partition coefficient (Wildman–Crippen LogP) is 3.49. The summed E-state index contributed by atoms with van der Waals surface area (Å²) in [6, 6.07) is 9.13. The van der Waals surface area contributed by atoms with Gasteiger partial charge < -0.3 is 15.0 Å². The zero-order chi connectivity index (χ0) is 21.5. The van der Waals surface area contributed by atoms with Gasteiger partial charge in [-0.15, -0.1) is 0 Å².